The lowest BCUT2D eigenvalue weighted by atomic mass is 10.1. The molecule has 0 amide bonds. The van der Waals surface area contributed by atoms with Crippen molar-refractivity contribution < 1.29 is 0 Å². The van der Waals surface area contributed by atoms with Gasteiger partial charge in [0.15, 0.2) is 5.96 Å². The monoisotopic (exact) mass is 307 g/mol. The fraction of sp³-hybridized carbons (Fsp3) is 0.824. The van der Waals surface area contributed by atoms with E-state index in [1.165, 1.54) is 39.3 Å². The molecule has 2 aliphatic rings. The first-order valence-corrected chi connectivity index (χ1v) is 8.78. The number of nitrogens with one attached hydrogen (secondary N) is 2. The highest BCUT2D eigenvalue weighted by atomic mass is 15.3. The second-order valence-electron chi connectivity index (χ2n) is 6.58. The van der Waals surface area contributed by atoms with E-state index in [0.29, 0.717) is 12.0 Å². The average Bonchev–Trinajstić information content (AvgIpc) is 3.05. The number of hydrogen-bond acceptors (Lipinski definition) is 3. The van der Waals surface area contributed by atoms with Gasteiger partial charge in [-0.05, 0) is 25.3 Å². The Hall–Kier alpha value is -1.07. The molecule has 0 aromatic carbocycles. The molecular weight excluding hydrogens is 274 g/mol. The van der Waals surface area contributed by atoms with Crippen LogP contribution in [0.1, 0.15) is 26.7 Å². The Morgan fingerprint density at radius 3 is 2.41 bits per heavy atom. The highest BCUT2D eigenvalue weighted by molar-refractivity contribution is 5.80. The van der Waals surface area contributed by atoms with E-state index in [4.69, 9.17) is 0 Å². The Kier molecular flexibility index (Phi) is 7.19. The summed E-state index contributed by atoms with van der Waals surface area (Å²) in [5.74, 6) is 1.57. The SMILES string of the molecule is CCN1CCN(CC(C)CNC(=NC)NC2CC=CC2)CC1. The molecule has 22 heavy (non-hydrogen) atoms. The number of rotatable bonds is 6. The normalized spacial score (nSPS) is 23.0. The van der Waals surface area contributed by atoms with E-state index >= 15 is 0 Å². The minimum absolute atomic E-state index is 0.517. The molecule has 1 fully saturated rings. The molecule has 5 heteroatoms. The topological polar surface area (TPSA) is 42.9 Å². The van der Waals surface area contributed by atoms with Crippen LogP contribution in [0, 0.1) is 5.92 Å². The number of aliphatic imine (C=N–C) groups is 1. The molecule has 1 saturated heterocycles. The maximum absolute atomic E-state index is 4.34. The predicted octanol–water partition coefficient (Wildman–Crippen LogP) is 1.14. The van der Waals surface area contributed by atoms with Crippen LogP contribution in [0.25, 0.3) is 0 Å². The molecule has 0 radical (unpaired) electrons. The fourth-order valence-electron chi connectivity index (χ4n) is 3.19. The molecule has 2 rings (SSSR count). The van der Waals surface area contributed by atoms with E-state index in [0.717, 1.165) is 25.3 Å². The molecule has 0 bridgehead atoms. The number of likely N-dealkylation sites (N-methyl/N-ethyl adjacent to an activating group) is 1. The van der Waals surface area contributed by atoms with Crippen LogP contribution in [0.4, 0.5) is 0 Å². The first-order valence-electron chi connectivity index (χ1n) is 8.78. The van der Waals surface area contributed by atoms with E-state index in [9.17, 15) is 0 Å². The van der Waals surface area contributed by atoms with Crippen molar-refractivity contribution in [3.05, 3.63) is 12.2 Å². The van der Waals surface area contributed by atoms with Crippen molar-refractivity contribution in [1.82, 2.24) is 20.4 Å². The van der Waals surface area contributed by atoms with Gasteiger partial charge in [-0.1, -0.05) is 26.0 Å². The molecule has 1 aliphatic carbocycles. The van der Waals surface area contributed by atoms with Crippen LogP contribution in [-0.2, 0) is 0 Å². The Labute approximate surface area is 135 Å². The van der Waals surface area contributed by atoms with Gasteiger partial charge in [0.05, 0.1) is 0 Å². The molecule has 126 valence electrons. The van der Waals surface area contributed by atoms with Gasteiger partial charge < -0.3 is 20.4 Å². The number of hydrogen-bond donors (Lipinski definition) is 2. The van der Waals surface area contributed by atoms with Crippen molar-refractivity contribution in [2.45, 2.75) is 32.7 Å². The summed E-state index contributed by atoms with van der Waals surface area (Å²) in [6.45, 7) is 12.8. The van der Waals surface area contributed by atoms with Crippen LogP contribution >= 0.6 is 0 Å². The van der Waals surface area contributed by atoms with Gasteiger partial charge in [-0.3, -0.25) is 4.99 Å². The zero-order valence-electron chi connectivity index (χ0n) is 14.5. The maximum atomic E-state index is 4.34. The Balaban J connectivity index is 1.63. The standard InChI is InChI=1S/C17H33N5/c1-4-21-9-11-22(12-10-21)14-15(2)13-19-17(18-3)20-16-7-5-6-8-16/h5-6,15-16H,4,7-14H2,1-3H3,(H2,18,19,20). The average molecular weight is 307 g/mol. The first-order chi connectivity index (χ1) is 10.7. The molecule has 0 aromatic heterocycles. The summed E-state index contributed by atoms with van der Waals surface area (Å²) in [5, 5.41) is 6.97. The summed E-state index contributed by atoms with van der Waals surface area (Å²) in [7, 11) is 1.85. The molecule has 0 spiro atoms. The van der Waals surface area contributed by atoms with Crippen molar-refractivity contribution in [1.29, 1.82) is 0 Å². The van der Waals surface area contributed by atoms with Crippen molar-refractivity contribution in [2.24, 2.45) is 10.9 Å². The molecular formula is C17H33N5. The first kappa shape index (κ1) is 17.3. The van der Waals surface area contributed by atoms with Gasteiger partial charge in [0.2, 0.25) is 0 Å². The maximum Gasteiger partial charge on any atom is 0.191 e. The Morgan fingerprint density at radius 1 is 1.18 bits per heavy atom. The summed E-state index contributed by atoms with van der Waals surface area (Å²) in [4.78, 5) is 9.46. The summed E-state index contributed by atoms with van der Waals surface area (Å²) in [5.41, 5.74) is 0. The van der Waals surface area contributed by atoms with E-state index in [1.54, 1.807) is 0 Å². The lowest BCUT2D eigenvalue weighted by Gasteiger charge is -2.35. The highest BCUT2D eigenvalue weighted by Gasteiger charge is 2.18. The minimum Gasteiger partial charge on any atom is -0.356 e. The molecule has 2 N–H and O–H groups in total. The number of guanidine groups is 1. The molecule has 1 aliphatic heterocycles. The second-order valence-corrected chi connectivity index (χ2v) is 6.58. The van der Waals surface area contributed by atoms with Crippen LogP contribution in [0.2, 0.25) is 0 Å². The summed E-state index contributed by atoms with van der Waals surface area (Å²) >= 11 is 0. The summed E-state index contributed by atoms with van der Waals surface area (Å²) in [6.07, 6.45) is 6.70. The predicted molar refractivity (Wildman–Crippen MR) is 94.4 cm³/mol. The third kappa shape index (κ3) is 5.61. The lowest BCUT2D eigenvalue weighted by Crippen LogP contribution is -2.49. The molecule has 1 atom stereocenters. The lowest BCUT2D eigenvalue weighted by molar-refractivity contribution is 0.124. The van der Waals surface area contributed by atoms with Crippen LogP contribution in [-0.4, -0.2) is 74.7 Å². The minimum atomic E-state index is 0.517. The van der Waals surface area contributed by atoms with Crippen molar-refractivity contribution in [2.75, 3.05) is 52.9 Å². The van der Waals surface area contributed by atoms with Gasteiger partial charge in [0, 0.05) is 52.4 Å². The fourth-order valence-corrected chi connectivity index (χ4v) is 3.19. The smallest absolute Gasteiger partial charge is 0.191 e. The number of nitrogens with zero attached hydrogens (tertiary/aromatic N) is 3. The molecule has 0 aromatic rings. The molecule has 1 unspecified atom stereocenters. The molecule has 0 saturated carbocycles. The molecule has 1 heterocycles. The molecule has 5 nitrogen and oxygen atoms in total. The van der Waals surface area contributed by atoms with Crippen molar-refractivity contribution in [3.63, 3.8) is 0 Å². The van der Waals surface area contributed by atoms with Crippen LogP contribution in [0.15, 0.2) is 17.1 Å². The summed E-state index contributed by atoms with van der Waals surface area (Å²) in [6, 6.07) is 0.517. The van der Waals surface area contributed by atoms with E-state index in [-0.39, 0.29) is 0 Å². The quantitative estimate of drug-likeness (QED) is 0.439. The van der Waals surface area contributed by atoms with E-state index < -0.39 is 0 Å². The van der Waals surface area contributed by atoms with Gasteiger partial charge in [0.25, 0.3) is 0 Å². The van der Waals surface area contributed by atoms with Crippen LogP contribution < -0.4 is 10.6 Å². The zero-order valence-corrected chi connectivity index (χ0v) is 14.5. The zero-order chi connectivity index (χ0) is 15.8. The van der Waals surface area contributed by atoms with Crippen molar-refractivity contribution in [3.8, 4) is 0 Å². The van der Waals surface area contributed by atoms with Crippen molar-refractivity contribution >= 4 is 5.96 Å². The van der Waals surface area contributed by atoms with Gasteiger partial charge in [0.1, 0.15) is 0 Å². The van der Waals surface area contributed by atoms with E-state index in [1.807, 2.05) is 7.05 Å². The van der Waals surface area contributed by atoms with Crippen LogP contribution in [0.5, 0.6) is 0 Å². The summed E-state index contributed by atoms with van der Waals surface area (Å²) < 4.78 is 0. The number of piperazine rings is 1. The second kappa shape index (κ2) is 9.16. The highest BCUT2D eigenvalue weighted by Crippen LogP contribution is 2.09. The Bertz CT molecular complexity index is 363. The largest absolute Gasteiger partial charge is 0.356 e. The third-order valence-electron chi connectivity index (χ3n) is 4.67. The van der Waals surface area contributed by atoms with Gasteiger partial charge in [-0.25, -0.2) is 0 Å². The van der Waals surface area contributed by atoms with Gasteiger partial charge in [-0.2, -0.15) is 0 Å². The van der Waals surface area contributed by atoms with Gasteiger partial charge in [-0.15, -0.1) is 0 Å². The van der Waals surface area contributed by atoms with E-state index in [2.05, 4.69) is 51.4 Å². The van der Waals surface area contributed by atoms with Gasteiger partial charge >= 0.3 is 0 Å². The Morgan fingerprint density at radius 2 is 1.82 bits per heavy atom. The van der Waals surface area contributed by atoms with Crippen LogP contribution in [0.3, 0.4) is 0 Å². The third-order valence-corrected chi connectivity index (χ3v) is 4.67.